The first-order valence-electron chi connectivity index (χ1n) is 22.2. The van der Waals surface area contributed by atoms with Gasteiger partial charge in [-0.1, -0.05) is 130 Å². The molecule has 2 nitrogen and oxygen atoms in total. The molecule has 3 heteroatoms. The Morgan fingerprint density at radius 1 is 0.441 bits per heavy atom. The summed E-state index contributed by atoms with van der Waals surface area (Å²) in [6.07, 6.45) is 18.3. The van der Waals surface area contributed by atoms with Crippen molar-refractivity contribution >= 4 is 62.7 Å². The van der Waals surface area contributed by atoms with E-state index in [9.17, 15) is 0 Å². The minimum absolute atomic E-state index is 0.302. The Labute approximate surface area is 354 Å². The van der Waals surface area contributed by atoms with Gasteiger partial charge in [0.1, 0.15) is 0 Å². The first kappa shape index (κ1) is 36.6. The van der Waals surface area contributed by atoms with Crippen LogP contribution in [0.2, 0.25) is 0 Å². The second-order valence-electron chi connectivity index (χ2n) is 17.3. The summed E-state index contributed by atoms with van der Waals surface area (Å²) in [5.74, 6) is 1.70. The van der Waals surface area contributed by atoms with Crippen LogP contribution in [0.25, 0.3) is 16.8 Å². The normalized spacial score (nSPS) is 18.9. The van der Waals surface area contributed by atoms with E-state index in [-0.39, 0.29) is 0 Å². The first-order valence-corrected chi connectivity index (χ1v) is 23.1. The number of rotatable bonds is 8. The molecule has 0 aromatic heterocycles. The minimum Gasteiger partial charge on any atom is -0.310 e. The number of para-hydroxylation sites is 2. The van der Waals surface area contributed by atoms with Crippen LogP contribution < -0.4 is 9.80 Å². The van der Waals surface area contributed by atoms with E-state index >= 15 is 0 Å². The van der Waals surface area contributed by atoms with Gasteiger partial charge in [0.2, 0.25) is 0 Å². The van der Waals surface area contributed by atoms with Crippen molar-refractivity contribution < 1.29 is 0 Å². The van der Waals surface area contributed by atoms with Crippen molar-refractivity contribution in [1.82, 2.24) is 0 Å². The number of thioether (sulfide) groups is 1. The Morgan fingerprint density at radius 2 is 0.949 bits per heavy atom. The summed E-state index contributed by atoms with van der Waals surface area (Å²) in [6, 6.07) is 59.8. The molecule has 7 aromatic rings. The third kappa shape index (κ3) is 6.98. The predicted octanol–water partition coefficient (Wildman–Crippen LogP) is 16.5. The van der Waals surface area contributed by atoms with Crippen LogP contribution in [0.4, 0.5) is 34.1 Å². The van der Waals surface area contributed by atoms with Gasteiger partial charge in [-0.15, -0.1) is 11.8 Å². The maximum atomic E-state index is 2.46. The highest BCUT2D eigenvalue weighted by atomic mass is 32.2. The second-order valence-corrected chi connectivity index (χ2v) is 18.5. The van der Waals surface area contributed by atoms with Crippen molar-refractivity contribution in [3.05, 3.63) is 192 Å². The molecular weight excluding hydrogens is 733 g/mol. The number of fused-ring (bicyclic) bond motifs is 7. The van der Waals surface area contributed by atoms with Gasteiger partial charge in [-0.05, 0) is 155 Å². The lowest BCUT2D eigenvalue weighted by atomic mass is 9.80. The van der Waals surface area contributed by atoms with E-state index in [4.69, 9.17) is 0 Å². The van der Waals surface area contributed by atoms with Crippen molar-refractivity contribution in [2.45, 2.75) is 92.1 Å². The van der Waals surface area contributed by atoms with E-state index in [2.05, 4.69) is 180 Å². The van der Waals surface area contributed by atoms with Crippen LogP contribution in [0.15, 0.2) is 169 Å². The molecule has 2 fully saturated rings. The van der Waals surface area contributed by atoms with E-state index in [1.54, 1.807) is 0 Å². The molecule has 0 N–H and O–H groups in total. The van der Waals surface area contributed by atoms with Crippen molar-refractivity contribution in [2.75, 3.05) is 9.80 Å². The molecule has 0 spiro atoms. The zero-order valence-corrected chi connectivity index (χ0v) is 34.7. The molecule has 0 saturated heterocycles. The average molecular weight is 785 g/mol. The van der Waals surface area contributed by atoms with Gasteiger partial charge in [0.15, 0.2) is 0 Å². The predicted molar refractivity (Wildman–Crippen MR) is 252 cm³/mol. The van der Waals surface area contributed by atoms with Crippen molar-refractivity contribution in [3.63, 3.8) is 0 Å². The fraction of sp³-hybridized carbons (Fsp3) is 0.250. The number of hydrogen-bond donors (Lipinski definition) is 0. The maximum Gasteiger partial charge on any atom is 0.0468 e. The second kappa shape index (κ2) is 15.9. The summed E-state index contributed by atoms with van der Waals surface area (Å²) in [4.78, 5) is 6.27. The molecule has 59 heavy (non-hydrogen) atoms. The summed E-state index contributed by atoms with van der Waals surface area (Å²) in [5, 5.41) is 3.04. The summed E-state index contributed by atoms with van der Waals surface area (Å²) in [7, 11) is 0. The fourth-order valence-corrected chi connectivity index (χ4v) is 12.2. The van der Waals surface area contributed by atoms with Crippen molar-refractivity contribution in [3.8, 4) is 0 Å². The SMILES string of the molecule is C1=CC2Sc3ccc4cc(N(c5ccccc5)c5ccc(C6CCCCC6)cc5)ccc4c3C2c2ccc(N(c3ccccc3)c3ccc(C4CCCCC4)cc3)cc21. The molecule has 1 heterocycles. The standard InChI is InChI=1S/C56H52N2S/c1-5-13-39(14-6-1)41-21-27-47(28-22-41)57(45-17-9-3-10-18-45)49-31-33-51-43(37-49)25-35-53-55(51)56-52-34-32-50(38-44(52)26-36-54(56)59-53)58(46-19-11-4-12-20-46)48-29-23-42(24-30-48)40-15-7-2-8-16-40/h3-4,9-12,17-40,53,55H,1-2,5-8,13-16H2. The van der Waals surface area contributed by atoms with Crippen LogP contribution in [0.5, 0.6) is 0 Å². The third-order valence-corrected chi connectivity index (χ3v) is 15.1. The summed E-state index contributed by atoms with van der Waals surface area (Å²) < 4.78 is 0. The minimum atomic E-state index is 0.302. The van der Waals surface area contributed by atoms with E-state index in [1.807, 2.05) is 11.8 Å². The van der Waals surface area contributed by atoms with Gasteiger partial charge in [0.25, 0.3) is 0 Å². The quantitative estimate of drug-likeness (QED) is 0.152. The van der Waals surface area contributed by atoms with Gasteiger partial charge in [-0.25, -0.2) is 0 Å². The molecule has 0 amide bonds. The topological polar surface area (TPSA) is 6.48 Å². The highest BCUT2D eigenvalue weighted by molar-refractivity contribution is 8.00. The van der Waals surface area contributed by atoms with E-state index in [0.29, 0.717) is 23.0 Å². The number of anilines is 6. The van der Waals surface area contributed by atoms with Crippen LogP contribution >= 0.6 is 11.8 Å². The Kier molecular flexibility index (Phi) is 9.87. The van der Waals surface area contributed by atoms with Crippen LogP contribution in [-0.2, 0) is 0 Å². The monoisotopic (exact) mass is 784 g/mol. The molecule has 0 radical (unpaired) electrons. The van der Waals surface area contributed by atoms with Crippen LogP contribution in [0.1, 0.15) is 110 Å². The largest absolute Gasteiger partial charge is 0.310 e. The van der Waals surface area contributed by atoms with Crippen molar-refractivity contribution in [1.29, 1.82) is 0 Å². The zero-order valence-electron chi connectivity index (χ0n) is 33.8. The summed E-state index contributed by atoms with van der Waals surface area (Å²) in [5.41, 5.74) is 14.4. The van der Waals surface area contributed by atoms with Crippen LogP contribution in [0, 0.1) is 0 Å². The molecule has 0 bridgehead atoms. The molecule has 2 saturated carbocycles. The van der Waals surface area contributed by atoms with Gasteiger partial charge in [-0.3, -0.25) is 0 Å². The molecule has 2 atom stereocenters. The van der Waals surface area contributed by atoms with Gasteiger partial charge >= 0.3 is 0 Å². The lowest BCUT2D eigenvalue weighted by Crippen LogP contribution is -2.16. The van der Waals surface area contributed by atoms with E-state index in [1.165, 1.54) is 142 Å². The lowest BCUT2D eigenvalue weighted by Gasteiger charge is -2.30. The number of hydrogen-bond acceptors (Lipinski definition) is 3. The van der Waals surface area contributed by atoms with Gasteiger partial charge in [-0.2, -0.15) is 0 Å². The molecule has 2 unspecified atom stereocenters. The third-order valence-electron chi connectivity index (χ3n) is 13.8. The molecule has 3 aliphatic carbocycles. The zero-order chi connectivity index (χ0) is 39.1. The summed E-state index contributed by atoms with van der Waals surface area (Å²) >= 11 is 2.03. The fourth-order valence-electron chi connectivity index (χ4n) is 10.8. The van der Waals surface area contributed by atoms with Gasteiger partial charge in [0, 0.05) is 50.2 Å². The number of benzene rings is 7. The van der Waals surface area contributed by atoms with E-state index in [0.717, 1.165) is 0 Å². The number of nitrogens with zero attached hydrogens (tertiary/aromatic N) is 2. The Bertz CT molecular complexity index is 2600. The lowest BCUT2D eigenvalue weighted by molar-refractivity contribution is 0.443. The molecule has 292 valence electrons. The summed E-state index contributed by atoms with van der Waals surface area (Å²) in [6.45, 7) is 0. The first-order chi connectivity index (χ1) is 29.2. The highest BCUT2D eigenvalue weighted by Gasteiger charge is 2.37. The molecule has 7 aromatic carbocycles. The smallest absolute Gasteiger partial charge is 0.0468 e. The Morgan fingerprint density at radius 3 is 1.53 bits per heavy atom. The van der Waals surface area contributed by atoms with Crippen LogP contribution in [-0.4, -0.2) is 5.25 Å². The van der Waals surface area contributed by atoms with Crippen molar-refractivity contribution in [2.24, 2.45) is 0 Å². The Balaban J connectivity index is 0.938. The van der Waals surface area contributed by atoms with Crippen LogP contribution in [0.3, 0.4) is 0 Å². The Hall–Kier alpha value is -5.51. The average Bonchev–Trinajstić information content (AvgIpc) is 3.71. The molecule has 11 rings (SSSR count). The van der Waals surface area contributed by atoms with Gasteiger partial charge < -0.3 is 9.80 Å². The highest BCUT2D eigenvalue weighted by Crippen LogP contribution is 2.55. The van der Waals surface area contributed by atoms with E-state index < -0.39 is 0 Å². The maximum absolute atomic E-state index is 2.46. The van der Waals surface area contributed by atoms with Gasteiger partial charge in [0.05, 0.1) is 0 Å². The molecular formula is C56H52N2S. The molecule has 4 aliphatic rings. The molecule has 1 aliphatic heterocycles.